The molecule has 0 atom stereocenters. The Kier molecular flexibility index (Phi) is 4.86. The van der Waals surface area contributed by atoms with Gasteiger partial charge in [-0.15, -0.1) is 11.3 Å². The molecule has 2 rings (SSSR count). The van der Waals surface area contributed by atoms with Crippen LogP contribution in [0.25, 0.3) is 0 Å². The average molecular weight is 316 g/mol. The zero-order valence-electron chi connectivity index (χ0n) is 11.2. The predicted molar refractivity (Wildman–Crippen MR) is 75.0 cm³/mol. The number of hydrogen-bond acceptors (Lipinski definition) is 7. The lowest BCUT2D eigenvalue weighted by atomic mass is 10.3. The molecule has 7 nitrogen and oxygen atoms in total. The van der Waals surface area contributed by atoms with E-state index in [1.807, 2.05) is 12.4 Å². The molecule has 2 aromatic heterocycles. The summed E-state index contributed by atoms with van der Waals surface area (Å²) in [6.45, 7) is 2.57. The summed E-state index contributed by atoms with van der Waals surface area (Å²) in [7, 11) is -1.65. The lowest BCUT2D eigenvalue weighted by molar-refractivity contribution is 0.387. The van der Waals surface area contributed by atoms with Gasteiger partial charge in [-0.1, -0.05) is 5.16 Å². The van der Waals surface area contributed by atoms with Gasteiger partial charge in [0.05, 0.1) is 0 Å². The summed E-state index contributed by atoms with van der Waals surface area (Å²) in [6, 6.07) is 1.67. The molecule has 0 saturated carbocycles. The Morgan fingerprint density at radius 2 is 2.25 bits per heavy atom. The minimum Gasteiger partial charge on any atom is -0.340 e. The van der Waals surface area contributed by atoms with E-state index < -0.39 is 10.0 Å². The highest BCUT2D eigenvalue weighted by Gasteiger charge is 2.16. The molecule has 2 N–H and O–H groups in total. The molecule has 0 unspecified atom stereocenters. The molecule has 9 heteroatoms. The Morgan fingerprint density at radius 1 is 1.45 bits per heavy atom. The molecule has 0 aromatic carbocycles. The Labute approximate surface area is 121 Å². The third kappa shape index (κ3) is 3.85. The van der Waals surface area contributed by atoms with Crippen molar-refractivity contribution in [1.82, 2.24) is 20.2 Å². The third-order valence-electron chi connectivity index (χ3n) is 2.49. The molecule has 0 radical (unpaired) electrons. The monoisotopic (exact) mass is 316 g/mol. The van der Waals surface area contributed by atoms with Gasteiger partial charge >= 0.3 is 0 Å². The van der Waals surface area contributed by atoms with Crippen LogP contribution >= 0.6 is 11.3 Å². The highest BCUT2D eigenvalue weighted by atomic mass is 32.2. The van der Waals surface area contributed by atoms with E-state index >= 15 is 0 Å². The van der Waals surface area contributed by atoms with Crippen molar-refractivity contribution in [2.24, 2.45) is 0 Å². The fraction of sp³-hybridized carbons (Fsp3) is 0.455. The van der Waals surface area contributed by atoms with Gasteiger partial charge in [-0.3, -0.25) is 0 Å². The summed E-state index contributed by atoms with van der Waals surface area (Å²) in [5.41, 5.74) is 0.951. The van der Waals surface area contributed by atoms with Crippen LogP contribution in [0.2, 0.25) is 0 Å². The van der Waals surface area contributed by atoms with Crippen LogP contribution in [-0.4, -0.2) is 32.2 Å². The first-order valence-electron chi connectivity index (χ1n) is 6.02. The second kappa shape index (κ2) is 6.44. The van der Waals surface area contributed by atoms with Crippen LogP contribution in [-0.2, 0) is 23.0 Å². The summed E-state index contributed by atoms with van der Waals surface area (Å²) in [6.07, 6.45) is 0.394. The first kappa shape index (κ1) is 15.1. The summed E-state index contributed by atoms with van der Waals surface area (Å²) in [5.74, 6) is 0.963. The van der Waals surface area contributed by atoms with E-state index in [9.17, 15) is 8.42 Å². The largest absolute Gasteiger partial charge is 0.340 e. The summed E-state index contributed by atoms with van der Waals surface area (Å²) in [5, 5.41) is 8.52. The van der Waals surface area contributed by atoms with E-state index in [0.717, 1.165) is 5.56 Å². The van der Waals surface area contributed by atoms with Gasteiger partial charge in [-0.2, -0.15) is 4.98 Å². The molecule has 0 spiro atoms. The van der Waals surface area contributed by atoms with Crippen molar-refractivity contribution in [3.63, 3.8) is 0 Å². The molecule has 0 aliphatic heterocycles. The molecule has 2 aromatic rings. The summed E-state index contributed by atoms with van der Waals surface area (Å²) < 4.78 is 31.8. The van der Waals surface area contributed by atoms with E-state index in [0.29, 0.717) is 28.9 Å². The average Bonchev–Trinajstić information content (AvgIpc) is 2.99. The molecule has 0 aliphatic carbocycles. The van der Waals surface area contributed by atoms with Gasteiger partial charge in [-0.25, -0.2) is 13.1 Å². The Morgan fingerprint density at radius 3 is 2.90 bits per heavy atom. The van der Waals surface area contributed by atoms with Crippen molar-refractivity contribution < 1.29 is 12.9 Å². The fourth-order valence-electron chi connectivity index (χ4n) is 1.60. The second-order valence-electron chi connectivity index (χ2n) is 4.18. The van der Waals surface area contributed by atoms with Crippen LogP contribution in [0, 0.1) is 6.92 Å². The van der Waals surface area contributed by atoms with E-state index in [2.05, 4.69) is 20.2 Å². The molecule has 0 fully saturated rings. The highest BCUT2D eigenvalue weighted by Crippen LogP contribution is 2.19. The first-order chi connectivity index (χ1) is 9.51. The molecule has 110 valence electrons. The minimum absolute atomic E-state index is 0.237. The quantitative estimate of drug-likeness (QED) is 0.779. The van der Waals surface area contributed by atoms with Gasteiger partial charge in [0.2, 0.25) is 15.9 Å². The SMILES string of the molecule is CNCc1csc(S(=O)(=O)NCCc2noc(C)n2)c1. The molecule has 0 bridgehead atoms. The van der Waals surface area contributed by atoms with Crippen LogP contribution in [0.1, 0.15) is 17.3 Å². The van der Waals surface area contributed by atoms with E-state index in [-0.39, 0.29) is 6.54 Å². The maximum absolute atomic E-state index is 12.1. The van der Waals surface area contributed by atoms with Crippen molar-refractivity contribution in [3.8, 4) is 0 Å². The Balaban J connectivity index is 1.92. The van der Waals surface area contributed by atoms with Gasteiger partial charge < -0.3 is 9.84 Å². The van der Waals surface area contributed by atoms with Crippen LogP contribution < -0.4 is 10.0 Å². The van der Waals surface area contributed by atoms with Crippen LogP contribution in [0.15, 0.2) is 20.2 Å². The maximum atomic E-state index is 12.1. The van der Waals surface area contributed by atoms with Crippen molar-refractivity contribution in [2.45, 2.75) is 24.1 Å². The van der Waals surface area contributed by atoms with Crippen LogP contribution in [0.3, 0.4) is 0 Å². The molecule has 2 heterocycles. The van der Waals surface area contributed by atoms with E-state index in [4.69, 9.17) is 4.52 Å². The number of sulfonamides is 1. The first-order valence-corrected chi connectivity index (χ1v) is 8.38. The minimum atomic E-state index is -3.47. The molecule has 0 saturated heterocycles. The molecule has 0 aliphatic rings. The van der Waals surface area contributed by atoms with Gasteiger partial charge in [0.15, 0.2) is 5.82 Å². The van der Waals surface area contributed by atoms with Crippen molar-refractivity contribution >= 4 is 21.4 Å². The standard InChI is InChI=1S/C11H16N4O3S2/c1-8-14-10(15-18-8)3-4-13-20(16,17)11-5-9(6-12-2)7-19-11/h5,7,12-13H,3-4,6H2,1-2H3. The van der Waals surface area contributed by atoms with Crippen molar-refractivity contribution in [3.05, 3.63) is 28.7 Å². The topological polar surface area (TPSA) is 97.1 Å². The van der Waals surface area contributed by atoms with Gasteiger partial charge in [0.1, 0.15) is 4.21 Å². The lowest BCUT2D eigenvalue weighted by Gasteiger charge is -2.02. The number of nitrogens with zero attached hydrogens (tertiary/aromatic N) is 2. The molecular formula is C11H16N4O3S2. The zero-order chi connectivity index (χ0) is 14.6. The normalized spacial score (nSPS) is 11.9. The second-order valence-corrected chi connectivity index (χ2v) is 7.09. The van der Waals surface area contributed by atoms with Crippen LogP contribution in [0.5, 0.6) is 0 Å². The molecule has 20 heavy (non-hydrogen) atoms. The number of aromatic nitrogens is 2. The highest BCUT2D eigenvalue weighted by molar-refractivity contribution is 7.91. The number of nitrogens with one attached hydrogen (secondary N) is 2. The third-order valence-corrected chi connectivity index (χ3v) is 5.44. The zero-order valence-corrected chi connectivity index (χ0v) is 12.8. The summed E-state index contributed by atoms with van der Waals surface area (Å²) in [4.78, 5) is 4.01. The molecule has 0 amide bonds. The van der Waals surface area contributed by atoms with Crippen molar-refractivity contribution in [2.75, 3.05) is 13.6 Å². The van der Waals surface area contributed by atoms with Crippen molar-refractivity contribution in [1.29, 1.82) is 0 Å². The van der Waals surface area contributed by atoms with Gasteiger partial charge in [0.25, 0.3) is 0 Å². The summed E-state index contributed by atoms with van der Waals surface area (Å²) >= 11 is 1.21. The number of hydrogen-bond donors (Lipinski definition) is 2. The number of thiophene rings is 1. The van der Waals surface area contributed by atoms with Crippen LogP contribution in [0.4, 0.5) is 0 Å². The van der Waals surface area contributed by atoms with E-state index in [1.54, 1.807) is 13.0 Å². The number of aryl methyl sites for hydroxylation is 1. The maximum Gasteiger partial charge on any atom is 0.250 e. The molecular weight excluding hydrogens is 300 g/mol. The Hall–Kier alpha value is -1.29. The fourth-order valence-corrected chi connectivity index (χ4v) is 3.89. The smallest absolute Gasteiger partial charge is 0.250 e. The van der Waals surface area contributed by atoms with E-state index in [1.165, 1.54) is 11.3 Å². The van der Waals surface area contributed by atoms with Gasteiger partial charge in [-0.05, 0) is 24.1 Å². The predicted octanol–water partition coefficient (Wildman–Crippen LogP) is 0.680. The Bertz CT molecular complexity index is 663. The van der Waals surface area contributed by atoms with Gasteiger partial charge in [0, 0.05) is 26.4 Å². The lowest BCUT2D eigenvalue weighted by Crippen LogP contribution is -2.25. The number of rotatable bonds is 7.